The number of fused-ring (bicyclic) bond motifs is 3. The Kier molecular flexibility index (Phi) is 3.82. The summed E-state index contributed by atoms with van der Waals surface area (Å²) in [5.41, 5.74) is 0. The lowest BCUT2D eigenvalue weighted by atomic mass is 9.79. The van der Waals surface area contributed by atoms with Gasteiger partial charge < -0.3 is 5.32 Å². The van der Waals surface area contributed by atoms with E-state index in [0.717, 1.165) is 9.22 Å². The van der Waals surface area contributed by atoms with Crippen LogP contribution in [0.5, 0.6) is 0 Å². The molecule has 1 aromatic rings. The number of carbonyl (C=O) groups excluding carboxylic acids is 1. The molecule has 1 aromatic heterocycles. The minimum Gasteiger partial charge on any atom is -0.347 e. The van der Waals surface area contributed by atoms with E-state index < -0.39 is 0 Å². The summed E-state index contributed by atoms with van der Waals surface area (Å²) in [7, 11) is 0. The molecule has 19 heavy (non-hydrogen) atoms. The van der Waals surface area contributed by atoms with Gasteiger partial charge in [-0.2, -0.15) is 0 Å². The standard InChI is InChI=1S/C13H19N3OS2/c1-8-11(9-3-5-16(8)6-4-9)15-12(17)10-7-14-13(18-2)19-10/h7-9,11H,3-6H2,1-2H3,(H,15,17)/t8-,11-/m0/s1. The average Bonchev–Trinajstić information content (AvgIpc) is 2.92. The highest BCUT2D eigenvalue weighted by Gasteiger charge is 2.40. The van der Waals surface area contributed by atoms with Crippen molar-refractivity contribution < 1.29 is 4.79 Å². The van der Waals surface area contributed by atoms with Crippen LogP contribution < -0.4 is 5.32 Å². The van der Waals surface area contributed by atoms with Gasteiger partial charge in [0.2, 0.25) is 0 Å². The highest BCUT2D eigenvalue weighted by Crippen LogP contribution is 2.32. The summed E-state index contributed by atoms with van der Waals surface area (Å²) >= 11 is 3.06. The molecular formula is C13H19N3OS2. The minimum atomic E-state index is 0.0448. The number of thiazole rings is 1. The van der Waals surface area contributed by atoms with Gasteiger partial charge in [-0.05, 0) is 45.0 Å². The van der Waals surface area contributed by atoms with E-state index in [1.54, 1.807) is 18.0 Å². The summed E-state index contributed by atoms with van der Waals surface area (Å²) in [5.74, 6) is 0.695. The van der Waals surface area contributed by atoms with Crippen LogP contribution in [0.3, 0.4) is 0 Å². The van der Waals surface area contributed by atoms with E-state index in [0.29, 0.717) is 18.0 Å². The minimum absolute atomic E-state index is 0.0448. The first-order valence-corrected chi connectivity index (χ1v) is 8.78. The Labute approximate surface area is 122 Å². The topological polar surface area (TPSA) is 45.2 Å². The van der Waals surface area contributed by atoms with E-state index in [1.807, 2.05) is 6.26 Å². The number of thioether (sulfide) groups is 1. The fourth-order valence-electron chi connectivity index (χ4n) is 3.23. The molecule has 0 radical (unpaired) electrons. The quantitative estimate of drug-likeness (QED) is 0.868. The fraction of sp³-hybridized carbons (Fsp3) is 0.692. The number of hydrogen-bond donors (Lipinski definition) is 1. The molecule has 2 atom stereocenters. The van der Waals surface area contributed by atoms with Gasteiger partial charge in [0.1, 0.15) is 9.22 Å². The SMILES string of the molecule is CSc1ncc(C(=O)N[C@@H]2C3CCN(CC3)[C@H]2C)s1. The summed E-state index contributed by atoms with van der Waals surface area (Å²) in [6, 6.07) is 0.763. The molecule has 3 aliphatic rings. The monoisotopic (exact) mass is 297 g/mol. The summed E-state index contributed by atoms with van der Waals surface area (Å²) in [6.07, 6.45) is 6.11. The maximum atomic E-state index is 12.3. The Morgan fingerprint density at radius 2 is 2.26 bits per heavy atom. The van der Waals surface area contributed by atoms with Gasteiger partial charge in [-0.25, -0.2) is 4.98 Å². The van der Waals surface area contributed by atoms with Gasteiger partial charge in [-0.3, -0.25) is 9.69 Å². The summed E-state index contributed by atoms with van der Waals surface area (Å²) in [4.78, 5) is 19.7. The molecule has 2 bridgehead atoms. The molecule has 6 heteroatoms. The zero-order valence-corrected chi connectivity index (χ0v) is 12.9. The Hall–Kier alpha value is -0.590. The number of hydrogen-bond acceptors (Lipinski definition) is 5. The summed E-state index contributed by atoms with van der Waals surface area (Å²) in [6.45, 7) is 4.61. The number of nitrogens with one attached hydrogen (secondary N) is 1. The molecule has 1 amide bonds. The van der Waals surface area contributed by atoms with Crippen molar-refractivity contribution in [3.05, 3.63) is 11.1 Å². The first-order valence-electron chi connectivity index (χ1n) is 6.74. The van der Waals surface area contributed by atoms with Crippen LogP contribution in [-0.4, -0.2) is 47.2 Å². The maximum Gasteiger partial charge on any atom is 0.263 e. The van der Waals surface area contributed by atoms with Crippen molar-refractivity contribution in [1.82, 2.24) is 15.2 Å². The normalized spacial score (nSPS) is 33.4. The van der Waals surface area contributed by atoms with Crippen molar-refractivity contribution in [2.24, 2.45) is 5.92 Å². The zero-order valence-electron chi connectivity index (χ0n) is 11.3. The Bertz CT molecular complexity index is 466. The van der Waals surface area contributed by atoms with Crippen LogP contribution in [0.25, 0.3) is 0 Å². The molecule has 104 valence electrons. The van der Waals surface area contributed by atoms with Crippen molar-refractivity contribution >= 4 is 29.0 Å². The predicted octanol–water partition coefficient (Wildman–Crippen LogP) is 2.08. The first-order chi connectivity index (χ1) is 9.19. The van der Waals surface area contributed by atoms with Crippen LogP contribution in [0.4, 0.5) is 0 Å². The van der Waals surface area contributed by atoms with Gasteiger partial charge in [0, 0.05) is 12.1 Å². The third kappa shape index (κ3) is 2.53. The van der Waals surface area contributed by atoms with Gasteiger partial charge >= 0.3 is 0 Å². The molecule has 0 saturated carbocycles. The second-order valence-corrected chi connectivity index (χ2v) is 7.39. The molecule has 3 aliphatic heterocycles. The molecule has 0 spiro atoms. The van der Waals surface area contributed by atoms with Crippen LogP contribution >= 0.6 is 23.1 Å². The van der Waals surface area contributed by atoms with E-state index in [1.165, 1.54) is 37.3 Å². The third-order valence-corrected chi connectivity index (χ3v) is 6.35. The predicted molar refractivity (Wildman–Crippen MR) is 78.9 cm³/mol. The molecule has 0 unspecified atom stereocenters. The van der Waals surface area contributed by atoms with Crippen LogP contribution in [0.1, 0.15) is 29.4 Å². The molecule has 0 aromatic carbocycles. The maximum absolute atomic E-state index is 12.3. The van der Waals surface area contributed by atoms with E-state index in [9.17, 15) is 4.79 Å². The number of piperidine rings is 3. The number of carbonyl (C=O) groups is 1. The second-order valence-electron chi connectivity index (χ2n) is 5.31. The second kappa shape index (κ2) is 5.42. The molecule has 4 rings (SSSR count). The Balaban J connectivity index is 1.69. The lowest BCUT2D eigenvalue weighted by molar-refractivity contribution is 0.0218. The van der Waals surface area contributed by atoms with Crippen molar-refractivity contribution in [3.63, 3.8) is 0 Å². The van der Waals surface area contributed by atoms with Crippen LogP contribution in [0.15, 0.2) is 10.5 Å². The van der Waals surface area contributed by atoms with Crippen LogP contribution in [-0.2, 0) is 0 Å². The third-order valence-electron chi connectivity index (χ3n) is 4.36. The van der Waals surface area contributed by atoms with Crippen LogP contribution in [0.2, 0.25) is 0 Å². The largest absolute Gasteiger partial charge is 0.347 e. The van der Waals surface area contributed by atoms with E-state index >= 15 is 0 Å². The van der Waals surface area contributed by atoms with Crippen molar-refractivity contribution in [3.8, 4) is 0 Å². The summed E-state index contributed by atoms with van der Waals surface area (Å²) in [5, 5.41) is 3.23. The van der Waals surface area contributed by atoms with Gasteiger partial charge in [0.15, 0.2) is 0 Å². The van der Waals surface area contributed by atoms with Gasteiger partial charge in [-0.15, -0.1) is 11.3 Å². The van der Waals surface area contributed by atoms with Crippen molar-refractivity contribution in [1.29, 1.82) is 0 Å². The fourth-order valence-corrected chi connectivity index (χ4v) is 4.54. The molecule has 4 nitrogen and oxygen atoms in total. The number of rotatable bonds is 3. The molecule has 3 fully saturated rings. The van der Waals surface area contributed by atoms with Crippen molar-refractivity contribution in [2.75, 3.05) is 19.3 Å². The zero-order chi connectivity index (χ0) is 13.4. The molecule has 0 aliphatic carbocycles. The lowest BCUT2D eigenvalue weighted by Gasteiger charge is -2.49. The van der Waals surface area contributed by atoms with Gasteiger partial charge in [0.25, 0.3) is 5.91 Å². The van der Waals surface area contributed by atoms with Gasteiger partial charge in [0.05, 0.1) is 6.20 Å². The first kappa shape index (κ1) is 13.4. The van der Waals surface area contributed by atoms with Crippen molar-refractivity contribution in [2.45, 2.75) is 36.2 Å². The smallest absolute Gasteiger partial charge is 0.263 e. The Morgan fingerprint density at radius 1 is 1.53 bits per heavy atom. The number of amides is 1. The molecule has 1 N–H and O–H groups in total. The van der Waals surface area contributed by atoms with Gasteiger partial charge in [-0.1, -0.05) is 11.8 Å². The average molecular weight is 297 g/mol. The Morgan fingerprint density at radius 3 is 2.84 bits per heavy atom. The lowest BCUT2D eigenvalue weighted by Crippen LogP contribution is -2.62. The van der Waals surface area contributed by atoms with Crippen LogP contribution in [0, 0.1) is 5.92 Å². The van der Waals surface area contributed by atoms with E-state index in [2.05, 4.69) is 22.1 Å². The number of aromatic nitrogens is 1. The highest BCUT2D eigenvalue weighted by molar-refractivity contribution is 8.00. The molecule has 3 saturated heterocycles. The van der Waals surface area contributed by atoms with E-state index in [-0.39, 0.29) is 5.91 Å². The highest BCUT2D eigenvalue weighted by atomic mass is 32.2. The molecular weight excluding hydrogens is 278 g/mol. The summed E-state index contributed by atoms with van der Waals surface area (Å²) < 4.78 is 0.951. The number of nitrogens with zero attached hydrogens (tertiary/aromatic N) is 2. The molecule has 4 heterocycles. The van der Waals surface area contributed by atoms with E-state index in [4.69, 9.17) is 0 Å².